The van der Waals surface area contributed by atoms with Crippen molar-refractivity contribution in [2.24, 2.45) is 5.92 Å². The first-order chi connectivity index (χ1) is 6.61. The summed E-state index contributed by atoms with van der Waals surface area (Å²) in [6.45, 7) is 3.47. The molecule has 3 nitrogen and oxygen atoms in total. The maximum absolute atomic E-state index is 11.4. The number of carbonyl (C=O) groups excluding carboxylic acids is 3. The molecular formula is C11H18O3. The number of ketones is 2. The summed E-state index contributed by atoms with van der Waals surface area (Å²) in [4.78, 5) is 32.6. The lowest BCUT2D eigenvalue weighted by Gasteiger charge is -2.07. The lowest BCUT2D eigenvalue weighted by atomic mass is 9.95. The van der Waals surface area contributed by atoms with Gasteiger partial charge < -0.3 is 9.59 Å². The first-order valence-electron chi connectivity index (χ1n) is 5.09. The lowest BCUT2D eigenvalue weighted by molar-refractivity contribution is -0.129. The van der Waals surface area contributed by atoms with E-state index in [2.05, 4.69) is 0 Å². The van der Waals surface area contributed by atoms with Crippen molar-refractivity contribution < 1.29 is 14.4 Å². The summed E-state index contributed by atoms with van der Waals surface area (Å²) < 4.78 is 0. The highest BCUT2D eigenvalue weighted by Gasteiger charge is 2.16. The highest BCUT2D eigenvalue weighted by Crippen LogP contribution is 2.10. The summed E-state index contributed by atoms with van der Waals surface area (Å²) in [7, 11) is 0. The Morgan fingerprint density at radius 3 is 2.36 bits per heavy atom. The van der Waals surface area contributed by atoms with Crippen LogP contribution in [0.5, 0.6) is 0 Å². The highest BCUT2D eigenvalue weighted by molar-refractivity contribution is 5.95. The number of aldehydes is 1. The Labute approximate surface area is 84.9 Å². The molecule has 0 fully saturated rings. The van der Waals surface area contributed by atoms with Crippen LogP contribution in [0.4, 0.5) is 0 Å². The molecule has 0 saturated carbocycles. The molecule has 0 aromatic carbocycles. The van der Waals surface area contributed by atoms with Crippen molar-refractivity contribution in [1.82, 2.24) is 0 Å². The largest absolute Gasteiger partial charge is 0.303 e. The number of hydrogen-bond acceptors (Lipinski definition) is 3. The highest BCUT2D eigenvalue weighted by atomic mass is 16.1. The molecule has 1 atom stereocenters. The zero-order valence-corrected chi connectivity index (χ0v) is 8.91. The molecule has 0 spiro atoms. The third-order valence-electron chi connectivity index (χ3n) is 2.17. The van der Waals surface area contributed by atoms with Crippen LogP contribution in [0.15, 0.2) is 0 Å². The molecule has 0 saturated heterocycles. The lowest BCUT2D eigenvalue weighted by Crippen LogP contribution is -2.16. The van der Waals surface area contributed by atoms with E-state index in [9.17, 15) is 14.4 Å². The van der Waals surface area contributed by atoms with E-state index < -0.39 is 5.92 Å². The zero-order chi connectivity index (χ0) is 11.0. The minimum absolute atomic E-state index is 0.00140. The summed E-state index contributed by atoms with van der Waals surface area (Å²) in [6, 6.07) is 0. The van der Waals surface area contributed by atoms with Gasteiger partial charge in [-0.15, -0.1) is 0 Å². The Bertz CT molecular complexity index is 209. The second-order valence-corrected chi connectivity index (χ2v) is 3.55. The van der Waals surface area contributed by atoms with Crippen molar-refractivity contribution in [3.8, 4) is 0 Å². The topological polar surface area (TPSA) is 51.2 Å². The van der Waals surface area contributed by atoms with Gasteiger partial charge in [0.05, 0.1) is 5.92 Å². The Kier molecular flexibility index (Phi) is 6.89. The maximum atomic E-state index is 11.4. The molecule has 0 amide bonds. The summed E-state index contributed by atoms with van der Waals surface area (Å²) in [5, 5.41) is 0. The Morgan fingerprint density at radius 2 is 1.93 bits per heavy atom. The van der Waals surface area contributed by atoms with E-state index >= 15 is 0 Å². The molecule has 0 aliphatic heterocycles. The maximum Gasteiger partial charge on any atom is 0.143 e. The number of carbonyl (C=O) groups is 3. The molecule has 0 radical (unpaired) electrons. The predicted molar refractivity (Wildman–Crippen MR) is 54.0 cm³/mol. The van der Waals surface area contributed by atoms with Crippen molar-refractivity contribution in [1.29, 1.82) is 0 Å². The average molecular weight is 198 g/mol. The molecule has 0 aromatic rings. The second-order valence-electron chi connectivity index (χ2n) is 3.55. The van der Waals surface area contributed by atoms with Gasteiger partial charge in [0.1, 0.15) is 17.9 Å². The summed E-state index contributed by atoms with van der Waals surface area (Å²) >= 11 is 0. The van der Waals surface area contributed by atoms with Gasteiger partial charge in [-0.25, -0.2) is 0 Å². The SMILES string of the molecule is CCCCC(C=O)C(=O)CCC(C)=O. The third kappa shape index (κ3) is 5.62. The number of rotatable bonds is 8. The average Bonchev–Trinajstić information content (AvgIpc) is 2.16. The van der Waals surface area contributed by atoms with E-state index in [1.54, 1.807) is 0 Å². The molecule has 0 aliphatic rings. The first-order valence-corrected chi connectivity index (χ1v) is 5.09. The third-order valence-corrected chi connectivity index (χ3v) is 2.17. The van der Waals surface area contributed by atoms with E-state index in [1.165, 1.54) is 6.92 Å². The normalized spacial score (nSPS) is 12.1. The number of hydrogen-bond donors (Lipinski definition) is 0. The van der Waals surface area contributed by atoms with Crippen LogP contribution in [0.3, 0.4) is 0 Å². The molecule has 0 bridgehead atoms. The van der Waals surface area contributed by atoms with Crippen LogP contribution >= 0.6 is 0 Å². The quantitative estimate of drug-likeness (QED) is 0.442. The minimum atomic E-state index is -0.491. The van der Waals surface area contributed by atoms with Gasteiger partial charge in [-0.3, -0.25) is 4.79 Å². The fourth-order valence-electron chi connectivity index (χ4n) is 1.21. The summed E-state index contributed by atoms with van der Waals surface area (Å²) in [5.41, 5.74) is 0. The Morgan fingerprint density at radius 1 is 1.29 bits per heavy atom. The van der Waals surface area contributed by atoms with Crippen LogP contribution in [0.2, 0.25) is 0 Å². The van der Waals surface area contributed by atoms with Crippen LogP contribution in [0, 0.1) is 5.92 Å². The van der Waals surface area contributed by atoms with Gasteiger partial charge in [0.25, 0.3) is 0 Å². The molecule has 0 N–H and O–H groups in total. The Hall–Kier alpha value is -0.990. The Balaban J connectivity index is 3.91. The van der Waals surface area contributed by atoms with Crippen LogP contribution in [0.1, 0.15) is 46.0 Å². The van der Waals surface area contributed by atoms with Gasteiger partial charge in [-0.1, -0.05) is 19.8 Å². The monoisotopic (exact) mass is 198 g/mol. The van der Waals surface area contributed by atoms with Gasteiger partial charge in [0, 0.05) is 12.8 Å². The van der Waals surface area contributed by atoms with Crippen LogP contribution < -0.4 is 0 Å². The summed E-state index contributed by atoms with van der Waals surface area (Å²) in [5.74, 6) is -0.587. The van der Waals surface area contributed by atoms with Crippen molar-refractivity contribution in [2.45, 2.75) is 46.0 Å². The molecule has 3 heteroatoms. The zero-order valence-electron chi connectivity index (χ0n) is 8.91. The minimum Gasteiger partial charge on any atom is -0.303 e. The molecule has 0 rings (SSSR count). The molecule has 0 heterocycles. The van der Waals surface area contributed by atoms with Crippen molar-refractivity contribution in [3.63, 3.8) is 0 Å². The van der Waals surface area contributed by atoms with E-state index in [0.29, 0.717) is 12.7 Å². The number of unbranched alkanes of at least 4 members (excludes halogenated alkanes) is 1. The smallest absolute Gasteiger partial charge is 0.143 e. The summed E-state index contributed by atoms with van der Waals surface area (Å²) in [6.07, 6.45) is 3.66. The van der Waals surface area contributed by atoms with Crippen LogP contribution in [-0.2, 0) is 14.4 Å². The molecule has 1 unspecified atom stereocenters. The fourth-order valence-corrected chi connectivity index (χ4v) is 1.21. The molecular weight excluding hydrogens is 180 g/mol. The van der Waals surface area contributed by atoms with Crippen molar-refractivity contribution in [2.75, 3.05) is 0 Å². The van der Waals surface area contributed by atoms with Gasteiger partial charge in [-0.05, 0) is 13.3 Å². The van der Waals surface area contributed by atoms with Crippen LogP contribution in [0.25, 0.3) is 0 Å². The van der Waals surface area contributed by atoms with Gasteiger partial charge in [-0.2, -0.15) is 0 Å². The predicted octanol–water partition coefficient (Wildman–Crippen LogP) is 1.93. The van der Waals surface area contributed by atoms with Crippen molar-refractivity contribution >= 4 is 17.9 Å². The standard InChI is InChI=1S/C11H18O3/c1-3-4-5-10(8-12)11(14)7-6-9(2)13/h8,10H,3-7H2,1-2H3. The first kappa shape index (κ1) is 13.0. The molecule has 0 aliphatic carbocycles. The van der Waals surface area contributed by atoms with Gasteiger partial charge in [0.15, 0.2) is 0 Å². The fraction of sp³-hybridized carbons (Fsp3) is 0.727. The molecule has 80 valence electrons. The van der Waals surface area contributed by atoms with Gasteiger partial charge in [0.2, 0.25) is 0 Å². The van der Waals surface area contributed by atoms with Crippen LogP contribution in [-0.4, -0.2) is 17.9 Å². The van der Waals surface area contributed by atoms with Crippen molar-refractivity contribution in [3.05, 3.63) is 0 Å². The van der Waals surface area contributed by atoms with E-state index in [4.69, 9.17) is 0 Å². The van der Waals surface area contributed by atoms with E-state index in [0.717, 1.165) is 12.8 Å². The second kappa shape index (κ2) is 7.42. The van der Waals surface area contributed by atoms with E-state index in [1.807, 2.05) is 6.92 Å². The van der Waals surface area contributed by atoms with E-state index in [-0.39, 0.29) is 24.4 Å². The number of Topliss-reactive ketones (excluding diaryl/α,β-unsaturated/α-hetero) is 2. The van der Waals surface area contributed by atoms with Gasteiger partial charge >= 0.3 is 0 Å². The molecule has 14 heavy (non-hydrogen) atoms. The molecule has 0 aromatic heterocycles.